The van der Waals surface area contributed by atoms with Gasteiger partial charge in [-0.1, -0.05) is 12.1 Å². The molecule has 5 nitrogen and oxygen atoms in total. The number of nitrogens with two attached hydrogens (primary N) is 1. The smallest absolute Gasteiger partial charge is 0.247 e. The number of amides is 1. The molecule has 88 valence electrons. The van der Waals surface area contributed by atoms with E-state index in [1.54, 1.807) is 12.1 Å². The van der Waals surface area contributed by atoms with Crippen LogP contribution in [0.2, 0.25) is 0 Å². The standard InChI is InChI=1S/C10H9FN4OS/c11-7-3-1-2-6-4-13-15(9(6)7)5-8(16)14-10(12)17/h1-4H,5H2,(H3,12,14,16,17). The highest BCUT2D eigenvalue weighted by atomic mass is 32.1. The maximum absolute atomic E-state index is 13.5. The summed E-state index contributed by atoms with van der Waals surface area (Å²) in [5.74, 6) is -0.867. The molecule has 0 spiro atoms. The number of halogens is 1. The average Bonchev–Trinajstić information content (AvgIpc) is 2.61. The maximum Gasteiger partial charge on any atom is 0.247 e. The number of hydrogen-bond donors (Lipinski definition) is 2. The molecule has 17 heavy (non-hydrogen) atoms. The summed E-state index contributed by atoms with van der Waals surface area (Å²) in [6, 6.07) is 4.61. The van der Waals surface area contributed by atoms with Gasteiger partial charge in [-0.3, -0.25) is 9.48 Å². The van der Waals surface area contributed by atoms with Gasteiger partial charge >= 0.3 is 0 Å². The first-order chi connectivity index (χ1) is 8.08. The Bertz CT molecular complexity index is 595. The third kappa shape index (κ3) is 2.39. The molecule has 1 amide bonds. The zero-order chi connectivity index (χ0) is 12.4. The number of carbonyl (C=O) groups is 1. The Balaban J connectivity index is 2.30. The number of benzene rings is 1. The third-order valence-corrected chi connectivity index (χ3v) is 2.27. The van der Waals surface area contributed by atoms with Crippen LogP contribution in [0.25, 0.3) is 10.9 Å². The summed E-state index contributed by atoms with van der Waals surface area (Å²) in [7, 11) is 0. The number of fused-ring (bicyclic) bond motifs is 1. The molecular weight excluding hydrogens is 243 g/mol. The second kappa shape index (κ2) is 4.46. The molecule has 0 radical (unpaired) electrons. The fraction of sp³-hybridized carbons (Fsp3) is 0.100. The number of para-hydroxylation sites is 1. The monoisotopic (exact) mass is 252 g/mol. The summed E-state index contributed by atoms with van der Waals surface area (Å²) in [6.07, 6.45) is 1.49. The summed E-state index contributed by atoms with van der Waals surface area (Å²) in [6.45, 7) is -0.137. The highest BCUT2D eigenvalue weighted by molar-refractivity contribution is 7.80. The highest BCUT2D eigenvalue weighted by Crippen LogP contribution is 2.16. The van der Waals surface area contributed by atoms with Crippen molar-refractivity contribution in [2.45, 2.75) is 6.54 Å². The van der Waals surface area contributed by atoms with E-state index in [-0.39, 0.29) is 17.2 Å². The molecule has 0 bridgehead atoms. The summed E-state index contributed by atoms with van der Waals surface area (Å²) in [4.78, 5) is 11.4. The maximum atomic E-state index is 13.5. The van der Waals surface area contributed by atoms with Crippen molar-refractivity contribution in [1.29, 1.82) is 0 Å². The first-order valence-corrected chi connectivity index (χ1v) is 5.18. The SMILES string of the molecule is NC(=S)NC(=O)Cn1ncc2cccc(F)c21. The van der Waals surface area contributed by atoms with Gasteiger partial charge in [-0.05, 0) is 18.3 Å². The van der Waals surface area contributed by atoms with E-state index in [0.29, 0.717) is 5.39 Å². The van der Waals surface area contributed by atoms with Crippen LogP contribution in [-0.4, -0.2) is 20.8 Å². The van der Waals surface area contributed by atoms with Crippen molar-refractivity contribution in [3.63, 3.8) is 0 Å². The van der Waals surface area contributed by atoms with Crippen molar-refractivity contribution in [3.05, 3.63) is 30.2 Å². The molecule has 1 aromatic carbocycles. The lowest BCUT2D eigenvalue weighted by molar-refractivity contribution is -0.120. The molecule has 0 aliphatic rings. The molecule has 7 heteroatoms. The van der Waals surface area contributed by atoms with Gasteiger partial charge in [-0.2, -0.15) is 5.10 Å². The Hall–Kier alpha value is -2.02. The lowest BCUT2D eigenvalue weighted by atomic mass is 10.2. The Labute approximate surface area is 101 Å². The lowest BCUT2D eigenvalue weighted by Crippen LogP contribution is -2.37. The first kappa shape index (κ1) is 11.5. The Morgan fingerprint density at radius 1 is 1.59 bits per heavy atom. The number of nitrogens with zero attached hydrogens (tertiary/aromatic N) is 2. The molecule has 0 unspecified atom stereocenters. The van der Waals surface area contributed by atoms with Crippen LogP contribution >= 0.6 is 12.2 Å². The van der Waals surface area contributed by atoms with Gasteiger partial charge in [0, 0.05) is 5.39 Å². The number of rotatable bonds is 2. The molecule has 2 aromatic rings. The number of hydrogen-bond acceptors (Lipinski definition) is 3. The van der Waals surface area contributed by atoms with Crippen LogP contribution in [0, 0.1) is 5.82 Å². The van der Waals surface area contributed by atoms with Gasteiger partial charge < -0.3 is 11.1 Å². The fourth-order valence-electron chi connectivity index (χ4n) is 1.53. The van der Waals surface area contributed by atoms with Crippen molar-refractivity contribution in [2.75, 3.05) is 0 Å². The molecule has 0 fully saturated rings. The normalized spacial score (nSPS) is 10.4. The van der Waals surface area contributed by atoms with E-state index in [0.717, 1.165) is 0 Å². The largest absolute Gasteiger partial charge is 0.376 e. The van der Waals surface area contributed by atoms with Crippen LogP contribution in [0.5, 0.6) is 0 Å². The number of aromatic nitrogens is 2. The van der Waals surface area contributed by atoms with Crippen LogP contribution in [0.1, 0.15) is 0 Å². The van der Waals surface area contributed by atoms with E-state index >= 15 is 0 Å². The molecule has 1 aromatic heterocycles. The Kier molecular flexibility index (Phi) is 3.01. The van der Waals surface area contributed by atoms with E-state index in [2.05, 4.69) is 22.6 Å². The molecule has 0 saturated carbocycles. The first-order valence-electron chi connectivity index (χ1n) is 4.77. The second-order valence-corrected chi connectivity index (χ2v) is 3.83. The molecule has 1 heterocycles. The van der Waals surface area contributed by atoms with Gasteiger partial charge in [0.2, 0.25) is 5.91 Å². The van der Waals surface area contributed by atoms with Gasteiger partial charge in [-0.25, -0.2) is 4.39 Å². The van der Waals surface area contributed by atoms with Gasteiger partial charge in [0.1, 0.15) is 17.9 Å². The van der Waals surface area contributed by atoms with Crippen molar-refractivity contribution in [3.8, 4) is 0 Å². The number of thiocarbonyl (C=S) groups is 1. The van der Waals surface area contributed by atoms with Crippen molar-refractivity contribution < 1.29 is 9.18 Å². The zero-order valence-electron chi connectivity index (χ0n) is 8.68. The minimum Gasteiger partial charge on any atom is -0.376 e. The molecule has 0 saturated heterocycles. The molecular formula is C10H9FN4OS. The molecule has 0 atom stereocenters. The Morgan fingerprint density at radius 2 is 2.35 bits per heavy atom. The zero-order valence-corrected chi connectivity index (χ0v) is 9.50. The van der Waals surface area contributed by atoms with Crippen LogP contribution in [0.15, 0.2) is 24.4 Å². The van der Waals surface area contributed by atoms with Crippen LogP contribution in [0.4, 0.5) is 4.39 Å². The average molecular weight is 252 g/mol. The van der Waals surface area contributed by atoms with Gasteiger partial charge in [-0.15, -0.1) is 0 Å². The third-order valence-electron chi connectivity index (χ3n) is 2.17. The molecule has 0 aliphatic carbocycles. The highest BCUT2D eigenvalue weighted by Gasteiger charge is 2.11. The lowest BCUT2D eigenvalue weighted by Gasteiger charge is -2.04. The van der Waals surface area contributed by atoms with E-state index in [1.165, 1.54) is 16.9 Å². The van der Waals surface area contributed by atoms with Crippen LogP contribution < -0.4 is 11.1 Å². The van der Waals surface area contributed by atoms with E-state index in [4.69, 9.17) is 5.73 Å². The van der Waals surface area contributed by atoms with Crippen molar-refractivity contribution in [1.82, 2.24) is 15.1 Å². The minimum absolute atomic E-state index is 0.119. The molecule has 2 rings (SSSR count). The predicted octanol–water partition coefficient (Wildman–Crippen LogP) is 0.535. The topological polar surface area (TPSA) is 72.9 Å². The number of carbonyl (C=O) groups excluding carboxylic acids is 1. The summed E-state index contributed by atoms with van der Waals surface area (Å²) < 4.78 is 14.8. The van der Waals surface area contributed by atoms with Gasteiger partial charge in [0.05, 0.1) is 6.20 Å². The van der Waals surface area contributed by atoms with Crippen LogP contribution in [-0.2, 0) is 11.3 Å². The Morgan fingerprint density at radius 3 is 3.06 bits per heavy atom. The quantitative estimate of drug-likeness (QED) is 0.765. The van der Waals surface area contributed by atoms with Gasteiger partial charge in [0.25, 0.3) is 0 Å². The van der Waals surface area contributed by atoms with E-state index in [9.17, 15) is 9.18 Å². The van der Waals surface area contributed by atoms with Crippen molar-refractivity contribution in [2.24, 2.45) is 5.73 Å². The molecule has 3 N–H and O–H groups in total. The summed E-state index contributed by atoms with van der Waals surface area (Å²) in [5.41, 5.74) is 5.44. The van der Waals surface area contributed by atoms with Crippen LogP contribution in [0.3, 0.4) is 0 Å². The number of nitrogens with one attached hydrogen (secondary N) is 1. The van der Waals surface area contributed by atoms with E-state index in [1.807, 2.05) is 0 Å². The van der Waals surface area contributed by atoms with Crippen molar-refractivity contribution >= 4 is 34.1 Å². The molecule has 0 aliphatic heterocycles. The summed E-state index contributed by atoms with van der Waals surface area (Å²) >= 11 is 4.53. The predicted molar refractivity (Wildman–Crippen MR) is 64.6 cm³/mol. The fourth-order valence-corrected chi connectivity index (χ4v) is 1.64. The van der Waals surface area contributed by atoms with E-state index < -0.39 is 11.7 Å². The summed E-state index contributed by atoms with van der Waals surface area (Å²) in [5, 5.41) is 6.70. The van der Waals surface area contributed by atoms with Gasteiger partial charge in [0.15, 0.2) is 5.11 Å². The minimum atomic E-state index is -0.439. The second-order valence-electron chi connectivity index (χ2n) is 3.39.